The first-order valence-corrected chi connectivity index (χ1v) is 6.76. The minimum absolute atomic E-state index is 0.577. The van der Waals surface area contributed by atoms with Gasteiger partial charge in [0.25, 0.3) is 0 Å². The molecule has 0 radical (unpaired) electrons. The quantitative estimate of drug-likeness (QED) is 0.593. The molecule has 1 rings (SSSR count). The summed E-state index contributed by atoms with van der Waals surface area (Å²) < 4.78 is 0. The highest BCUT2D eigenvalue weighted by molar-refractivity contribution is 6.30. The zero-order chi connectivity index (χ0) is 12.7. The summed E-state index contributed by atoms with van der Waals surface area (Å²) in [6, 6.07) is 0. The van der Waals surface area contributed by atoms with Gasteiger partial charge in [-0.25, -0.2) is 9.97 Å². The van der Waals surface area contributed by atoms with Crippen molar-refractivity contribution in [3.8, 4) is 0 Å². The second-order valence-corrected chi connectivity index (χ2v) is 5.06. The molecule has 0 aliphatic heterocycles. The Morgan fingerprint density at radius 2 is 2.12 bits per heavy atom. The molecule has 0 atom stereocenters. The van der Waals surface area contributed by atoms with Crippen LogP contribution in [0.2, 0.25) is 5.15 Å². The van der Waals surface area contributed by atoms with Gasteiger partial charge in [0.15, 0.2) is 0 Å². The third-order valence-electron chi connectivity index (χ3n) is 2.64. The van der Waals surface area contributed by atoms with Crippen LogP contribution in [-0.4, -0.2) is 16.5 Å². The average Bonchev–Trinajstić information content (AvgIpc) is 2.28. The lowest BCUT2D eigenvalue weighted by atomic mass is 10.1. The number of rotatable bonds is 7. The molecule has 0 aliphatic rings. The largest absolute Gasteiger partial charge is 0.370 e. The van der Waals surface area contributed by atoms with Crippen LogP contribution in [0.5, 0.6) is 0 Å². The summed E-state index contributed by atoms with van der Waals surface area (Å²) in [7, 11) is 0. The molecule has 0 amide bonds. The molecule has 1 aromatic heterocycles. The summed E-state index contributed by atoms with van der Waals surface area (Å²) in [5.74, 6) is 1.65. The van der Waals surface area contributed by atoms with Crippen LogP contribution in [0.15, 0.2) is 6.33 Å². The molecule has 0 saturated heterocycles. The number of nitrogens with one attached hydrogen (secondary N) is 1. The number of hydrogen-bond acceptors (Lipinski definition) is 3. The molecule has 1 N–H and O–H groups in total. The molecule has 0 fully saturated rings. The lowest BCUT2D eigenvalue weighted by Gasteiger charge is -2.11. The van der Waals surface area contributed by atoms with Crippen LogP contribution < -0.4 is 5.32 Å². The normalized spacial score (nSPS) is 10.9. The Balaban J connectivity index is 2.54. The van der Waals surface area contributed by atoms with Gasteiger partial charge in [0.1, 0.15) is 17.3 Å². The Kier molecular flexibility index (Phi) is 6.27. The molecule has 0 unspecified atom stereocenters. The average molecular weight is 256 g/mol. The van der Waals surface area contributed by atoms with Crippen molar-refractivity contribution in [1.29, 1.82) is 0 Å². The van der Waals surface area contributed by atoms with E-state index in [0.717, 1.165) is 43.1 Å². The molecule has 3 nitrogen and oxygen atoms in total. The van der Waals surface area contributed by atoms with Gasteiger partial charge in [-0.05, 0) is 25.2 Å². The van der Waals surface area contributed by atoms with Crippen LogP contribution in [0.4, 0.5) is 5.82 Å². The van der Waals surface area contributed by atoms with Crippen LogP contribution in [-0.2, 0) is 6.42 Å². The standard InChI is InChI=1S/C13H22ClN3/c1-4-6-11-12(14)16-9-17-13(11)15-8-5-7-10(2)3/h9-10H,4-8H2,1-3H3,(H,15,16,17). The van der Waals surface area contributed by atoms with Crippen molar-refractivity contribution in [2.75, 3.05) is 11.9 Å². The summed E-state index contributed by atoms with van der Waals surface area (Å²) in [4.78, 5) is 8.30. The molecule has 0 aromatic carbocycles. The molecular weight excluding hydrogens is 234 g/mol. The Morgan fingerprint density at radius 1 is 1.35 bits per heavy atom. The maximum atomic E-state index is 6.08. The van der Waals surface area contributed by atoms with Crippen molar-refractivity contribution in [2.45, 2.75) is 46.5 Å². The topological polar surface area (TPSA) is 37.8 Å². The zero-order valence-corrected chi connectivity index (χ0v) is 11.7. The van der Waals surface area contributed by atoms with Gasteiger partial charge in [-0.1, -0.05) is 38.8 Å². The van der Waals surface area contributed by atoms with Gasteiger partial charge < -0.3 is 5.32 Å². The highest BCUT2D eigenvalue weighted by Gasteiger charge is 2.08. The van der Waals surface area contributed by atoms with Crippen LogP contribution in [0, 0.1) is 5.92 Å². The van der Waals surface area contributed by atoms with Gasteiger partial charge in [0.2, 0.25) is 0 Å². The summed E-state index contributed by atoms with van der Waals surface area (Å²) in [6.07, 6.45) is 5.88. The second kappa shape index (κ2) is 7.49. The van der Waals surface area contributed by atoms with Crippen molar-refractivity contribution in [1.82, 2.24) is 9.97 Å². The van der Waals surface area contributed by atoms with E-state index in [4.69, 9.17) is 11.6 Å². The van der Waals surface area contributed by atoms with E-state index in [9.17, 15) is 0 Å². The van der Waals surface area contributed by atoms with E-state index in [0.29, 0.717) is 5.15 Å². The van der Waals surface area contributed by atoms with Gasteiger partial charge in [-0.15, -0.1) is 0 Å². The second-order valence-electron chi connectivity index (χ2n) is 4.70. The van der Waals surface area contributed by atoms with Crippen molar-refractivity contribution in [3.05, 3.63) is 17.0 Å². The molecule has 0 bridgehead atoms. The van der Waals surface area contributed by atoms with E-state index < -0.39 is 0 Å². The van der Waals surface area contributed by atoms with Crippen molar-refractivity contribution in [3.63, 3.8) is 0 Å². The van der Waals surface area contributed by atoms with Crippen molar-refractivity contribution < 1.29 is 0 Å². The molecule has 0 spiro atoms. The van der Waals surface area contributed by atoms with Crippen LogP contribution in [0.3, 0.4) is 0 Å². The molecule has 17 heavy (non-hydrogen) atoms. The van der Waals surface area contributed by atoms with E-state index >= 15 is 0 Å². The predicted molar refractivity (Wildman–Crippen MR) is 73.6 cm³/mol. The van der Waals surface area contributed by atoms with E-state index in [1.54, 1.807) is 0 Å². The fourth-order valence-electron chi connectivity index (χ4n) is 1.73. The molecular formula is C13H22ClN3. The van der Waals surface area contributed by atoms with Crippen LogP contribution in [0.25, 0.3) is 0 Å². The van der Waals surface area contributed by atoms with E-state index in [-0.39, 0.29) is 0 Å². The number of halogens is 1. The van der Waals surface area contributed by atoms with E-state index in [1.807, 2.05) is 0 Å². The van der Waals surface area contributed by atoms with E-state index in [1.165, 1.54) is 12.7 Å². The number of anilines is 1. The molecule has 96 valence electrons. The fraction of sp³-hybridized carbons (Fsp3) is 0.692. The Morgan fingerprint density at radius 3 is 2.76 bits per heavy atom. The smallest absolute Gasteiger partial charge is 0.137 e. The summed E-state index contributed by atoms with van der Waals surface area (Å²) >= 11 is 6.08. The number of hydrogen-bond donors (Lipinski definition) is 1. The maximum Gasteiger partial charge on any atom is 0.137 e. The van der Waals surface area contributed by atoms with Crippen LogP contribution >= 0.6 is 11.6 Å². The first-order valence-electron chi connectivity index (χ1n) is 6.38. The predicted octanol–water partition coefficient (Wildman–Crippen LogP) is 3.93. The SMILES string of the molecule is CCCc1c(Cl)ncnc1NCCCC(C)C. The summed E-state index contributed by atoms with van der Waals surface area (Å²) in [5.41, 5.74) is 1.04. The minimum Gasteiger partial charge on any atom is -0.370 e. The highest BCUT2D eigenvalue weighted by atomic mass is 35.5. The third kappa shape index (κ3) is 4.90. The molecule has 1 heterocycles. The number of aromatic nitrogens is 2. The monoisotopic (exact) mass is 255 g/mol. The van der Waals surface area contributed by atoms with Gasteiger partial charge in [-0.3, -0.25) is 0 Å². The Bertz CT molecular complexity index is 339. The summed E-state index contributed by atoms with van der Waals surface area (Å²) in [5, 5.41) is 3.94. The fourth-order valence-corrected chi connectivity index (χ4v) is 1.96. The lowest BCUT2D eigenvalue weighted by Crippen LogP contribution is -2.08. The highest BCUT2D eigenvalue weighted by Crippen LogP contribution is 2.21. The lowest BCUT2D eigenvalue weighted by molar-refractivity contribution is 0.566. The Labute approximate surface area is 109 Å². The molecule has 0 saturated carbocycles. The first kappa shape index (κ1) is 14.2. The third-order valence-corrected chi connectivity index (χ3v) is 2.97. The van der Waals surface area contributed by atoms with Crippen molar-refractivity contribution >= 4 is 17.4 Å². The van der Waals surface area contributed by atoms with Gasteiger partial charge >= 0.3 is 0 Å². The van der Waals surface area contributed by atoms with Crippen molar-refractivity contribution in [2.24, 2.45) is 5.92 Å². The molecule has 1 aromatic rings. The van der Waals surface area contributed by atoms with E-state index in [2.05, 4.69) is 36.1 Å². The van der Waals surface area contributed by atoms with Gasteiger partial charge in [0.05, 0.1) is 0 Å². The van der Waals surface area contributed by atoms with Crippen LogP contribution in [0.1, 0.15) is 45.6 Å². The van der Waals surface area contributed by atoms with Gasteiger partial charge in [0, 0.05) is 12.1 Å². The minimum atomic E-state index is 0.577. The first-order chi connectivity index (χ1) is 8.15. The molecule has 4 heteroatoms. The number of nitrogens with zero attached hydrogens (tertiary/aromatic N) is 2. The molecule has 0 aliphatic carbocycles. The Hall–Kier alpha value is -0.830. The van der Waals surface area contributed by atoms with Gasteiger partial charge in [-0.2, -0.15) is 0 Å². The zero-order valence-electron chi connectivity index (χ0n) is 11.0. The maximum absolute atomic E-state index is 6.08. The summed E-state index contributed by atoms with van der Waals surface area (Å²) in [6.45, 7) is 7.56.